The molecule has 0 heterocycles. The Balaban J connectivity index is 2.75. The third-order valence-corrected chi connectivity index (χ3v) is 2.63. The zero-order valence-corrected chi connectivity index (χ0v) is 9.23. The molecule has 0 saturated carbocycles. The zero-order valence-electron chi connectivity index (χ0n) is 9.23. The number of rotatable bonds is 6. The normalized spacial score (nSPS) is 14.4. The Kier molecular flexibility index (Phi) is 4.46. The molecular weight excluding hydrogens is 204 g/mol. The van der Waals surface area contributed by atoms with E-state index in [0.29, 0.717) is 19.3 Å². The quantitative estimate of drug-likeness (QED) is 0.641. The van der Waals surface area contributed by atoms with Crippen LogP contribution in [0.3, 0.4) is 0 Å². The molecule has 1 atom stereocenters. The van der Waals surface area contributed by atoms with Crippen LogP contribution in [0.15, 0.2) is 30.3 Å². The van der Waals surface area contributed by atoms with Crippen molar-refractivity contribution in [2.75, 3.05) is 6.61 Å². The van der Waals surface area contributed by atoms with Crippen molar-refractivity contribution >= 4 is 5.91 Å². The average Bonchev–Trinajstić information content (AvgIpc) is 2.27. The third kappa shape index (κ3) is 3.32. The first kappa shape index (κ1) is 12.7. The summed E-state index contributed by atoms with van der Waals surface area (Å²) < 4.78 is 0. The Bertz CT molecular complexity index is 340. The van der Waals surface area contributed by atoms with E-state index >= 15 is 0 Å². The summed E-state index contributed by atoms with van der Waals surface area (Å²) in [6.07, 6.45) is 1.28. The largest absolute Gasteiger partial charge is 0.396 e. The summed E-state index contributed by atoms with van der Waals surface area (Å²) in [4.78, 5) is 11.3. The van der Waals surface area contributed by atoms with Crippen LogP contribution in [0, 0.1) is 0 Å². The number of hydrogen-bond donors (Lipinski definition) is 3. The summed E-state index contributed by atoms with van der Waals surface area (Å²) in [6.45, 7) is 0.0149. The van der Waals surface area contributed by atoms with E-state index in [1.165, 1.54) is 0 Å². The van der Waals surface area contributed by atoms with Crippen LogP contribution in [-0.4, -0.2) is 23.2 Å². The number of carbonyl (C=O) groups is 1. The summed E-state index contributed by atoms with van der Waals surface area (Å²) in [5, 5.41) is 8.77. The average molecular weight is 222 g/mol. The van der Waals surface area contributed by atoms with Crippen molar-refractivity contribution in [1.82, 2.24) is 0 Å². The standard InChI is InChI=1S/C12H18N2O2/c13-11(16)12(14,7-4-8-15)9-10-5-2-1-3-6-10/h1-3,5-6,15H,4,7-9,14H2,(H2,13,16)/t12-/m0/s1. The number of carbonyl (C=O) groups excluding carboxylic acids is 1. The fourth-order valence-electron chi connectivity index (χ4n) is 1.65. The molecule has 4 heteroatoms. The number of aliphatic hydroxyl groups is 1. The Hall–Kier alpha value is -1.39. The molecule has 1 amide bonds. The smallest absolute Gasteiger partial charge is 0.237 e. The van der Waals surface area contributed by atoms with Gasteiger partial charge in [-0.25, -0.2) is 0 Å². The monoisotopic (exact) mass is 222 g/mol. The van der Waals surface area contributed by atoms with E-state index in [1.54, 1.807) is 0 Å². The van der Waals surface area contributed by atoms with Crippen molar-refractivity contribution in [3.05, 3.63) is 35.9 Å². The van der Waals surface area contributed by atoms with E-state index in [-0.39, 0.29) is 6.61 Å². The minimum Gasteiger partial charge on any atom is -0.396 e. The zero-order chi connectivity index (χ0) is 12.0. The molecule has 88 valence electrons. The second kappa shape index (κ2) is 5.63. The maximum absolute atomic E-state index is 11.3. The van der Waals surface area contributed by atoms with Crippen LogP contribution < -0.4 is 11.5 Å². The van der Waals surface area contributed by atoms with Gasteiger partial charge in [0.2, 0.25) is 5.91 Å². The van der Waals surface area contributed by atoms with Gasteiger partial charge in [0, 0.05) is 6.61 Å². The number of hydrogen-bond acceptors (Lipinski definition) is 3. The summed E-state index contributed by atoms with van der Waals surface area (Å²) in [7, 11) is 0. The third-order valence-electron chi connectivity index (χ3n) is 2.63. The molecule has 5 N–H and O–H groups in total. The van der Waals surface area contributed by atoms with Gasteiger partial charge in [-0.1, -0.05) is 30.3 Å². The fourth-order valence-corrected chi connectivity index (χ4v) is 1.65. The van der Waals surface area contributed by atoms with Gasteiger partial charge in [0.25, 0.3) is 0 Å². The molecule has 0 radical (unpaired) electrons. The molecule has 0 unspecified atom stereocenters. The molecule has 16 heavy (non-hydrogen) atoms. The lowest BCUT2D eigenvalue weighted by Gasteiger charge is -2.25. The summed E-state index contributed by atoms with van der Waals surface area (Å²) in [6, 6.07) is 9.50. The fraction of sp³-hybridized carbons (Fsp3) is 0.417. The number of benzene rings is 1. The van der Waals surface area contributed by atoms with Crippen LogP contribution in [0.1, 0.15) is 18.4 Å². The highest BCUT2D eigenvalue weighted by molar-refractivity contribution is 5.84. The van der Waals surface area contributed by atoms with Gasteiger partial charge in [0.05, 0.1) is 5.54 Å². The van der Waals surface area contributed by atoms with E-state index in [2.05, 4.69) is 0 Å². The molecule has 0 aliphatic carbocycles. The molecule has 0 fully saturated rings. The maximum atomic E-state index is 11.3. The first-order chi connectivity index (χ1) is 7.58. The molecule has 0 aliphatic heterocycles. The van der Waals surface area contributed by atoms with Crippen LogP contribution in [-0.2, 0) is 11.2 Å². The highest BCUT2D eigenvalue weighted by atomic mass is 16.3. The van der Waals surface area contributed by atoms with Crippen molar-refractivity contribution in [3.63, 3.8) is 0 Å². The topological polar surface area (TPSA) is 89.3 Å². The van der Waals surface area contributed by atoms with Crippen LogP contribution in [0.4, 0.5) is 0 Å². The summed E-state index contributed by atoms with van der Waals surface area (Å²) in [5.74, 6) is -0.523. The first-order valence-electron chi connectivity index (χ1n) is 5.32. The Labute approximate surface area is 95.3 Å². The van der Waals surface area contributed by atoms with Crippen molar-refractivity contribution in [2.24, 2.45) is 11.5 Å². The van der Waals surface area contributed by atoms with Gasteiger partial charge in [0.15, 0.2) is 0 Å². The molecule has 1 aromatic rings. The van der Waals surface area contributed by atoms with Gasteiger partial charge in [-0.3, -0.25) is 4.79 Å². The first-order valence-corrected chi connectivity index (χ1v) is 5.32. The molecular formula is C12H18N2O2. The number of nitrogens with two attached hydrogens (primary N) is 2. The molecule has 4 nitrogen and oxygen atoms in total. The number of primary amides is 1. The second-order valence-electron chi connectivity index (χ2n) is 4.01. The minimum absolute atomic E-state index is 0.0149. The highest BCUT2D eigenvalue weighted by Gasteiger charge is 2.31. The van der Waals surface area contributed by atoms with E-state index in [9.17, 15) is 4.79 Å². The van der Waals surface area contributed by atoms with Gasteiger partial charge >= 0.3 is 0 Å². The molecule has 0 aliphatic rings. The minimum atomic E-state index is -1.07. The van der Waals surface area contributed by atoms with E-state index in [0.717, 1.165) is 5.56 Å². The van der Waals surface area contributed by atoms with E-state index < -0.39 is 11.4 Å². The Morgan fingerprint density at radius 2 is 1.94 bits per heavy atom. The maximum Gasteiger partial charge on any atom is 0.237 e. The molecule has 0 aromatic heterocycles. The molecule has 0 bridgehead atoms. The lowest BCUT2D eigenvalue weighted by molar-refractivity contribution is -0.123. The number of aliphatic hydroxyl groups excluding tert-OH is 1. The lowest BCUT2D eigenvalue weighted by atomic mass is 9.87. The van der Waals surface area contributed by atoms with Crippen LogP contribution in [0.5, 0.6) is 0 Å². The summed E-state index contributed by atoms with van der Waals surface area (Å²) >= 11 is 0. The van der Waals surface area contributed by atoms with Crippen molar-refractivity contribution in [2.45, 2.75) is 24.8 Å². The predicted octanol–water partition coefficient (Wildman–Crippen LogP) is 0.184. The molecule has 1 rings (SSSR count). The van der Waals surface area contributed by atoms with Gasteiger partial charge in [-0.2, -0.15) is 0 Å². The lowest BCUT2D eigenvalue weighted by Crippen LogP contribution is -2.53. The van der Waals surface area contributed by atoms with Gasteiger partial charge < -0.3 is 16.6 Å². The van der Waals surface area contributed by atoms with Crippen LogP contribution in [0.25, 0.3) is 0 Å². The summed E-state index contributed by atoms with van der Waals surface area (Å²) in [5.41, 5.74) is 11.2. The van der Waals surface area contributed by atoms with Gasteiger partial charge in [-0.05, 0) is 24.8 Å². The van der Waals surface area contributed by atoms with Crippen LogP contribution >= 0.6 is 0 Å². The van der Waals surface area contributed by atoms with E-state index in [4.69, 9.17) is 16.6 Å². The van der Waals surface area contributed by atoms with Gasteiger partial charge in [0.1, 0.15) is 0 Å². The SMILES string of the molecule is NC(=O)[C@](N)(CCCO)Cc1ccccc1. The highest BCUT2D eigenvalue weighted by Crippen LogP contribution is 2.16. The Morgan fingerprint density at radius 1 is 1.31 bits per heavy atom. The second-order valence-corrected chi connectivity index (χ2v) is 4.01. The molecule has 0 saturated heterocycles. The van der Waals surface area contributed by atoms with Gasteiger partial charge in [-0.15, -0.1) is 0 Å². The van der Waals surface area contributed by atoms with Crippen molar-refractivity contribution in [3.8, 4) is 0 Å². The molecule has 1 aromatic carbocycles. The van der Waals surface area contributed by atoms with Crippen molar-refractivity contribution in [1.29, 1.82) is 0 Å². The van der Waals surface area contributed by atoms with E-state index in [1.807, 2.05) is 30.3 Å². The van der Waals surface area contributed by atoms with Crippen LogP contribution in [0.2, 0.25) is 0 Å². The Morgan fingerprint density at radius 3 is 2.44 bits per heavy atom. The molecule has 0 spiro atoms. The number of amides is 1. The predicted molar refractivity (Wildman–Crippen MR) is 62.6 cm³/mol. The van der Waals surface area contributed by atoms with Crippen molar-refractivity contribution < 1.29 is 9.90 Å².